The van der Waals surface area contributed by atoms with E-state index < -0.39 is 28.1 Å². The zero-order chi connectivity index (χ0) is 15.1. The molecule has 3 aromatic rings. The SMILES string of the molecule is O=c1c(O)c(-c2ccccc2)oc2cc(Cl)c(F)c(O)c12. The minimum atomic E-state index is -1.14. The molecule has 0 aliphatic heterocycles. The molecule has 6 heteroatoms. The third-order valence-corrected chi connectivity index (χ3v) is 3.34. The number of benzene rings is 2. The maximum atomic E-state index is 13.6. The van der Waals surface area contributed by atoms with Crippen molar-refractivity contribution in [3.8, 4) is 22.8 Å². The molecule has 2 N–H and O–H groups in total. The first-order valence-electron chi connectivity index (χ1n) is 5.93. The largest absolute Gasteiger partial charge is 0.504 e. The van der Waals surface area contributed by atoms with Gasteiger partial charge in [-0.15, -0.1) is 0 Å². The van der Waals surface area contributed by atoms with Crippen LogP contribution >= 0.6 is 11.6 Å². The normalized spacial score (nSPS) is 11.0. The standard InChI is InChI=1S/C15H8ClFO4/c16-8-6-9-10(12(18)11(8)17)13(19)14(20)15(21-9)7-4-2-1-3-5-7/h1-6,18,20H. The van der Waals surface area contributed by atoms with E-state index >= 15 is 0 Å². The summed E-state index contributed by atoms with van der Waals surface area (Å²) in [6, 6.07) is 9.52. The number of aromatic hydroxyl groups is 2. The van der Waals surface area contributed by atoms with Crippen LogP contribution < -0.4 is 5.43 Å². The van der Waals surface area contributed by atoms with Gasteiger partial charge in [-0.1, -0.05) is 41.9 Å². The summed E-state index contributed by atoms with van der Waals surface area (Å²) in [5, 5.41) is 18.8. The molecule has 0 amide bonds. The molecule has 0 spiro atoms. The Balaban J connectivity index is 2.44. The van der Waals surface area contributed by atoms with E-state index in [1.54, 1.807) is 30.3 Å². The highest BCUT2D eigenvalue weighted by molar-refractivity contribution is 6.31. The van der Waals surface area contributed by atoms with Crippen LogP contribution in [0, 0.1) is 5.82 Å². The molecule has 0 saturated heterocycles. The molecule has 0 bridgehead atoms. The maximum absolute atomic E-state index is 13.6. The predicted octanol–water partition coefficient (Wildman–Crippen LogP) is 3.66. The molecule has 4 nitrogen and oxygen atoms in total. The topological polar surface area (TPSA) is 70.7 Å². The zero-order valence-corrected chi connectivity index (χ0v) is 11.2. The summed E-state index contributed by atoms with van der Waals surface area (Å²) >= 11 is 5.62. The molecule has 0 saturated carbocycles. The van der Waals surface area contributed by atoms with Crippen molar-refractivity contribution < 1.29 is 19.0 Å². The number of rotatable bonds is 1. The Labute approximate surface area is 122 Å². The number of fused-ring (bicyclic) bond motifs is 1. The Morgan fingerprint density at radius 3 is 2.43 bits per heavy atom. The van der Waals surface area contributed by atoms with Gasteiger partial charge < -0.3 is 14.6 Å². The van der Waals surface area contributed by atoms with Gasteiger partial charge in [0.2, 0.25) is 11.2 Å². The lowest BCUT2D eigenvalue weighted by atomic mass is 10.1. The molecule has 3 rings (SSSR count). The first-order valence-corrected chi connectivity index (χ1v) is 6.30. The van der Waals surface area contributed by atoms with Crippen molar-refractivity contribution in [3.05, 3.63) is 57.5 Å². The van der Waals surface area contributed by atoms with Gasteiger partial charge in [0, 0.05) is 11.6 Å². The fourth-order valence-electron chi connectivity index (χ4n) is 2.06. The van der Waals surface area contributed by atoms with Gasteiger partial charge in [-0.2, -0.15) is 0 Å². The predicted molar refractivity (Wildman–Crippen MR) is 76.2 cm³/mol. The van der Waals surface area contributed by atoms with Crippen LogP contribution in [0.2, 0.25) is 5.02 Å². The van der Waals surface area contributed by atoms with E-state index in [1.807, 2.05) is 0 Å². The maximum Gasteiger partial charge on any atom is 0.238 e. The summed E-state index contributed by atoms with van der Waals surface area (Å²) in [6.45, 7) is 0. The van der Waals surface area contributed by atoms with Crippen molar-refractivity contribution in [3.63, 3.8) is 0 Å². The van der Waals surface area contributed by atoms with Crippen LogP contribution in [0.4, 0.5) is 4.39 Å². The van der Waals surface area contributed by atoms with Crippen molar-refractivity contribution in [2.24, 2.45) is 0 Å². The van der Waals surface area contributed by atoms with Gasteiger partial charge in [-0.25, -0.2) is 4.39 Å². The summed E-state index contributed by atoms with van der Waals surface area (Å²) in [7, 11) is 0. The van der Waals surface area contributed by atoms with Crippen molar-refractivity contribution in [1.29, 1.82) is 0 Å². The fourth-order valence-corrected chi connectivity index (χ4v) is 2.24. The van der Waals surface area contributed by atoms with Gasteiger partial charge in [-0.3, -0.25) is 4.79 Å². The minimum Gasteiger partial charge on any atom is -0.504 e. The molecule has 0 radical (unpaired) electrons. The van der Waals surface area contributed by atoms with E-state index in [0.29, 0.717) is 5.56 Å². The van der Waals surface area contributed by atoms with E-state index in [1.165, 1.54) is 0 Å². The third-order valence-electron chi connectivity index (χ3n) is 3.06. The molecular weight excluding hydrogens is 299 g/mol. The molecule has 0 unspecified atom stereocenters. The van der Waals surface area contributed by atoms with Gasteiger partial charge in [-0.05, 0) is 0 Å². The fraction of sp³-hybridized carbons (Fsp3) is 0. The summed E-state index contributed by atoms with van der Waals surface area (Å²) in [4.78, 5) is 12.1. The first-order chi connectivity index (χ1) is 10.0. The van der Waals surface area contributed by atoms with Crippen molar-refractivity contribution in [2.45, 2.75) is 0 Å². The third kappa shape index (κ3) is 2.02. The molecule has 106 valence electrons. The lowest BCUT2D eigenvalue weighted by molar-refractivity contribution is 0.430. The first kappa shape index (κ1) is 13.5. The quantitative estimate of drug-likeness (QED) is 0.719. The van der Waals surface area contributed by atoms with Crippen LogP contribution in [0.25, 0.3) is 22.3 Å². The highest BCUT2D eigenvalue weighted by Gasteiger charge is 2.21. The summed E-state index contributed by atoms with van der Waals surface area (Å²) < 4.78 is 19.0. The van der Waals surface area contributed by atoms with Crippen LogP contribution in [0.5, 0.6) is 11.5 Å². The van der Waals surface area contributed by atoms with E-state index in [2.05, 4.69) is 0 Å². The van der Waals surface area contributed by atoms with Crippen molar-refractivity contribution in [2.75, 3.05) is 0 Å². The monoisotopic (exact) mass is 306 g/mol. The Bertz CT molecular complexity index is 903. The van der Waals surface area contributed by atoms with E-state index in [9.17, 15) is 19.4 Å². The van der Waals surface area contributed by atoms with Crippen LogP contribution in [0.1, 0.15) is 0 Å². The molecular formula is C15H8ClFO4. The van der Waals surface area contributed by atoms with Crippen molar-refractivity contribution >= 4 is 22.6 Å². The summed E-state index contributed by atoms with van der Waals surface area (Å²) in [6.07, 6.45) is 0. The molecule has 0 aliphatic rings. The highest BCUT2D eigenvalue weighted by Crippen LogP contribution is 2.36. The average molecular weight is 307 g/mol. The number of hydrogen-bond donors (Lipinski definition) is 2. The Kier molecular flexibility index (Phi) is 3.07. The Morgan fingerprint density at radius 2 is 1.76 bits per heavy atom. The number of phenols is 1. The van der Waals surface area contributed by atoms with Gasteiger partial charge in [0.1, 0.15) is 11.0 Å². The van der Waals surface area contributed by atoms with Crippen molar-refractivity contribution in [1.82, 2.24) is 0 Å². The van der Waals surface area contributed by atoms with Gasteiger partial charge in [0.05, 0.1) is 5.02 Å². The Morgan fingerprint density at radius 1 is 1.10 bits per heavy atom. The van der Waals surface area contributed by atoms with Gasteiger partial charge in [0.15, 0.2) is 17.3 Å². The Hall–Kier alpha value is -2.53. The summed E-state index contributed by atoms with van der Waals surface area (Å²) in [5.74, 6) is -2.86. The molecule has 1 heterocycles. The second kappa shape index (κ2) is 4.79. The van der Waals surface area contributed by atoms with E-state index in [4.69, 9.17) is 16.0 Å². The molecule has 0 aliphatic carbocycles. The molecule has 2 aromatic carbocycles. The second-order valence-corrected chi connectivity index (χ2v) is 4.78. The van der Waals surface area contributed by atoms with Gasteiger partial charge >= 0.3 is 0 Å². The average Bonchev–Trinajstić information content (AvgIpc) is 2.49. The minimum absolute atomic E-state index is 0.0739. The van der Waals surface area contributed by atoms with Gasteiger partial charge in [0.25, 0.3) is 0 Å². The zero-order valence-electron chi connectivity index (χ0n) is 10.4. The molecule has 0 fully saturated rings. The van der Waals surface area contributed by atoms with Crippen LogP contribution in [-0.4, -0.2) is 10.2 Å². The second-order valence-electron chi connectivity index (χ2n) is 4.37. The van der Waals surface area contributed by atoms with Crippen LogP contribution in [-0.2, 0) is 0 Å². The molecule has 1 aromatic heterocycles. The number of hydrogen-bond acceptors (Lipinski definition) is 4. The van der Waals surface area contributed by atoms with Crippen LogP contribution in [0.3, 0.4) is 0 Å². The molecule has 0 atom stereocenters. The summed E-state index contributed by atoms with van der Waals surface area (Å²) in [5.41, 5.74) is -0.572. The number of halogens is 2. The van der Waals surface area contributed by atoms with E-state index in [-0.39, 0.29) is 16.4 Å². The van der Waals surface area contributed by atoms with E-state index in [0.717, 1.165) is 6.07 Å². The van der Waals surface area contributed by atoms with Crippen LogP contribution in [0.15, 0.2) is 45.6 Å². The highest BCUT2D eigenvalue weighted by atomic mass is 35.5. The lowest BCUT2D eigenvalue weighted by Gasteiger charge is -2.08. The lowest BCUT2D eigenvalue weighted by Crippen LogP contribution is -2.04. The smallest absolute Gasteiger partial charge is 0.238 e. The molecule has 21 heavy (non-hydrogen) atoms. The number of phenolic OH excluding ortho intramolecular Hbond substituents is 1.